The Morgan fingerprint density at radius 2 is 1.40 bits per heavy atom. The smallest absolute Gasteiger partial charge is 0.162 e. The minimum atomic E-state index is 0.376. The van der Waals surface area contributed by atoms with E-state index in [-0.39, 0.29) is 0 Å². The van der Waals surface area contributed by atoms with Crippen LogP contribution < -0.4 is 14.4 Å². The molecule has 7 heteroatoms. The monoisotopic (exact) mass is 471 g/mol. The van der Waals surface area contributed by atoms with Crippen LogP contribution in [0, 0.1) is 13.8 Å². The van der Waals surface area contributed by atoms with Crippen LogP contribution in [0.15, 0.2) is 42.5 Å². The van der Waals surface area contributed by atoms with Crippen molar-refractivity contribution in [3.63, 3.8) is 0 Å². The highest BCUT2D eigenvalue weighted by Gasteiger charge is 2.24. The normalized spacial score (nSPS) is 12.5. The number of anilines is 1. The van der Waals surface area contributed by atoms with Gasteiger partial charge in [-0.2, -0.15) is 10.2 Å². The first kappa shape index (κ1) is 23.0. The van der Waals surface area contributed by atoms with Crippen molar-refractivity contribution >= 4 is 5.69 Å². The van der Waals surface area contributed by atoms with E-state index in [1.165, 1.54) is 27.9 Å². The standard InChI is InChI=1S/C28H33N5O2/c1-7-20-9-8-10-24-25-14-27(35-17-23-12-19(3)33(6)30-23)26(13-21(25)15-31(4)28(20)24)34-16-22-11-18(2)32(5)29-22/h8-14H,7,15-17H2,1-6H3. The Balaban J connectivity index is 1.52. The van der Waals surface area contributed by atoms with Gasteiger partial charge in [0.2, 0.25) is 0 Å². The molecule has 4 aromatic rings. The highest BCUT2D eigenvalue weighted by molar-refractivity contribution is 5.86. The van der Waals surface area contributed by atoms with Gasteiger partial charge in [-0.3, -0.25) is 9.36 Å². The number of nitrogens with zero attached hydrogens (tertiary/aromatic N) is 5. The topological polar surface area (TPSA) is 57.3 Å². The van der Waals surface area contributed by atoms with E-state index >= 15 is 0 Å². The second-order valence-electron chi connectivity index (χ2n) is 9.36. The highest BCUT2D eigenvalue weighted by Crippen LogP contribution is 2.45. The number of benzene rings is 2. The predicted octanol–water partition coefficient (Wildman–Crippen LogP) is 5.11. The predicted molar refractivity (Wildman–Crippen MR) is 138 cm³/mol. The number of para-hydroxylation sites is 1. The number of aryl methyl sites for hydroxylation is 5. The number of hydrogen-bond donors (Lipinski definition) is 0. The third-order valence-electron chi connectivity index (χ3n) is 6.83. The van der Waals surface area contributed by atoms with Crippen LogP contribution in [0.25, 0.3) is 11.1 Å². The van der Waals surface area contributed by atoms with Crippen molar-refractivity contribution in [2.75, 3.05) is 11.9 Å². The molecule has 1 aliphatic rings. The van der Waals surface area contributed by atoms with E-state index in [1.54, 1.807) is 0 Å². The van der Waals surface area contributed by atoms with Gasteiger partial charge in [0, 0.05) is 50.3 Å². The number of fused-ring (bicyclic) bond motifs is 3. The molecule has 0 aliphatic carbocycles. The van der Waals surface area contributed by atoms with Crippen LogP contribution in [0.2, 0.25) is 0 Å². The Labute approximate surface area is 206 Å². The number of ether oxygens (including phenoxy) is 2. The lowest BCUT2D eigenvalue weighted by atomic mass is 9.90. The van der Waals surface area contributed by atoms with Crippen molar-refractivity contribution in [2.24, 2.45) is 14.1 Å². The Morgan fingerprint density at radius 1 is 0.800 bits per heavy atom. The molecule has 0 N–H and O–H groups in total. The van der Waals surface area contributed by atoms with Gasteiger partial charge in [-0.15, -0.1) is 0 Å². The van der Waals surface area contributed by atoms with E-state index in [9.17, 15) is 0 Å². The first-order valence-electron chi connectivity index (χ1n) is 12.1. The third kappa shape index (κ3) is 4.38. The Morgan fingerprint density at radius 3 is 1.94 bits per heavy atom. The molecule has 2 aromatic heterocycles. The molecule has 0 fully saturated rings. The van der Waals surface area contributed by atoms with Crippen LogP contribution >= 0.6 is 0 Å². The number of hydrogen-bond acceptors (Lipinski definition) is 5. The minimum absolute atomic E-state index is 0.376. The molecule has 7 nitrogen and oxygen atoms in total. The molecule has 0 atom stereocenters. The second-order valence-corrected chi connectivity index (χ2v) is 9.36. The fourth-order valence-electron chi connectivity index (χ4n) is 4.80. The highest BCUT2D eigenvalue weighted by atomic mass is 16.5. The van der Waals surface area contributed by atoms with E-state index < -0.39 is 0 Å². The molecular formula is C28H33N5O2. The Bertz CT molecular complexity index is 1350. The maximum Gasteiger partial charge on any atom is 0.162 e. The summed E-state index contributed by atoms with van der Waals surface area (Å²) < 4.78 is 16.4. The van der Waals surface area contributed by atoms with E-state index in [0.29, 0.717) is 13.2 Å². The summed E-state index contributed by atoms with van der Waals surface area (Å²) in [6.07, 6.45) is 0.996. The fraction of sp³-hybridized carbons (Fsp3) is 0.357. The molecule has 0 spiro atoms. The van der Waals surface area contributed by atoms with E-state index in [4.69, 9.17) is 9.47 Å². The van der Waals surface area contributed by atoms with Crippen molar-refractivity contribution in [3.05, 3.63) is 76.4 Å². The van der Waals surface area contributed by atoms with E-state index in [1.807, 2.05) is 49.4 Å². The van der Waals surface area contributed by atoms with Crippen LogP contribution in [0.4, 0.5) is 5.69 Å². The molecular weight excluding hydrogens is 438 g/mol. The van der Waals surface area contributed by atoms with Gasteiger partial charge < -0.3 is 14.4 Å². The lowest BCUT2D eigenvalue weighted by molar-refractivity contribution is 0.251. The van der Waals surface area contributed by atoms with Gasteiger partial charge in [-0.1, -0.05) is 25.1 Å². The second kappa shape index (κ2) is 9.13. The molecule has 0 radical (unpaired) electrons. The van der Waals surface area contributed by atoms with Gasteiger partial charge in [0.05, 0.1) is 0 Å². The van der Waals surface area contributed by atoms with Crippen LogP contribution in [0.1, 0.15) is 40.8 Å². The summed E-state index contributed by atoms with van der Waals surface area (Å²) in [5.41, 5.74) is 10.3. The largest absolute Gasteiger partial charge is 0.483 e. The van der Waals surface area contributed by atoms with Gasteiger partial charge in [-0.25, -0.2) is 0 Å². The Hall–Kier alpha value is -3.74. The molecule has 0 bridgehead atoms. The zero-order valence-electron chi connectivity index (χ0n) is 21.4. The molecule has 182 valence electrons. The zero-order valence-corrected chi connectivity index (χ0v) is 21.4. The van der Waals surface area contributed by atoms with Gasteiger partial charge >= 0.3 is 0 Å². The minimum Gasteiger partial charge on any atom is -0.483 e. The van der Waals surface area contributed by atoms with Crippen LogP contribution in [-0.4, -0.2) is 26.6 Å². The molecule has 35 heavy (non-hydrogen) atoms. The zero-order chi connectivity index (χ0) is 24.7. The lowest BCUT2D eigenvalue weighted by Crippen LogP contribution is -2.23. The molecule has 1 aliphatic heterocycles. The summed E-state index contributed by atoms with van der Waals surface area (Å²) in [6.45, 7) is 7.86. The summed E-state index contributed by atoms with van der Waals surface area (Å²) in [7, 11) is 6.05. The maximum absolute atomic E-state index is 6.33. The SMILES string of the molecule is CCc1cccc2c1N(C)Cc1cc(OCc3cc(C)n(C)n3)c(OCc3cc(C)n(C)n3)cc1-2. The van der Waals surface area contributed by atoms with E-state index in [2.05, 4.69) is 59.4 Å². The lowest BCUT2D eigenvalue weighted by Gasteiger charge is -2.32. The van der Waals surface area contributed by atoms with Crippen molar-refractivity contribution in [1.29, 1.82) is 0 Å². The van der Waals surface area contributed by atoms with Gasteiger partial charge in [0.15, 0.2) is 11.5 Å². The molecule has 0 amide bonds. The molecule has 0 saturated carbocycles. The average molecular weight is 472 g/mol. The molecule has 0 unspecified atom stereocenters. The van der Waals surface area contributed by atoms with Gasteiger partial charge in [0.25, 0.3) is 0 Å². The van der Waals surface area contributed by atoms with Crippen LogP contribution in [0.5, 0.6) is 11.5 Å². The summed E-state index contributed by atoms with van der Waals surface area (Å²) in [5.74, 6) is 1.44. The first-order chi connectivity index (χ1) is 16.8. The average Bonchev–Trinajstić information content (AvgIpc) is 3.34. The molecule has 2 aromatic carbocycles. The molecule has 5 rings (SSSR count). The quantitative estimate of drug-likeness (QED) is 0.375. The van der Waals surface area contributed by atoms with Crippen molar-refractivity contribution in [3.8, 4) is 22.6 Å². The summed E-state index contributed by atoms with van der Waals surface area (Å²) in [5, 5.41) is 9.09. The molecule has 0 saturated heterocycles. The first-order valence-corrected chi connectivity index (χ1v) is 12.1. The number of aromatic nitrogens is 4. The maximum atomic E-state index is 6.33. The van der Waals surface area contributed by atoms with Crippen molar-refractivity contribution < 1.29 is 9.47 Å². The van der Waals surface area contributed by atoms with Crippen molar-refractivity contribution in [2.45, 2.75) is 47.0 Å². The molecule has 3 heterocycles. The third-order valence-corrected chi connectivity index (χ3v) is 6.83. The van der Waals surface area contributed by atoms with Gasteiger partial charge in [0.1, 0.15) is 24.6 Å². The summed E-state index contributed by atoms with van der Waals surface area (Å²) in [6, 6.07) is 14.9. The fourth-order valence-corrected chi connectivity index (χ4v) is 4.80. The number of rotatable bonds is 7. The van der Waals surface area contributed by atoms with Crippen LogP contribution in [0.3, 0.4) is 0 Å². The van der Waals surface area contributed by atoms with Gasteiger partial charge in [-0.05, 0) is 61.2 Å². The Kier molecular flexibility index (Phi) is 6.01. The summed E-state index contributed by atoms with van der Waals surface area (Å²) >= 11 is 0. The van der Waals surface area contributed by atoms with E-state index in [0.717, 1.165) is 47.2 Å². The van der Waals surface area contributed by atoms with Crippen molar-refractivity contribution in [1.82, 2.24) is 19.6 Å². The van der Waals surface area contributed by atoms with Crippen LogP contribution in [-0.2, 0) is 40.3 Å². The summed E-state index contributed by atoms with van der Waals surface area (Å²) in [4.78, 5) is 2.33.